The van der Waals surface area contributed by atoms with Gasteiger partial charge in [0, 0.05) is 11.8 Å². The molecule has 0 saturated heterocycles. The van der Waals surface area contributed by atoms with Crippen LogP contribution >= 0.6 is 0 Å². The highest BCUT2D eigenvalue weighted by atomic mass is 16.5. The lowest BCUT2D eigenvalue weighted by atomic mass is 10.1. The van der Waals surface area contributed by atoms with Gasteiger partial charge in [0.15, 0.2) is 6.61 Å². The van der Waals surface area contributed by atoms with Crippen LogP contribution in [-0.4, -0.2) is 25.1 Å². The lowest BCUT2D eigenvalue weighted by molar-refractivity contribution is -0.142. The maximum Gasteiger partial charge on any atom is 0.331 e. The number of benzene rings is 2. The topological polar surface area (TPSA) is 64.6 Å². The molecule has 0 radical (unpaired) electrons. The SMILES string of the molecule is CCOc1ccc(/C=C/C(=O)OCC(=O)Nc2cc(C)cc(C)c2)cc1. The van der Waals surface area contributed by atoms with E-state index in [1.807, 2.05) is 63.2 Å². The van der Waals surface area contributed by atoms with E-state index in [1.54, 1.807) is 6.08 Å². The van der Waals surface area contributed by atoms with E-state index in [9.17, 15) is 9.59 Å². The summed E-state index contributed by atoms with van der Waals surface area (Å²) in [6.45, 7) is 6.09. The van der Waals surface area contributed by atoms with E-state index in [2.05, 4.69) is 5.32 Å². The molecule has 0 aliphatic rings. The summed E-state index contributed by atoms with van der Waals surface area (Å²) in [6.07, 6.45) is 2.92. The van der Waals surface area contributed by atoms with Crippen molar-refractivity contribution in [1.82, 2.24) is 0 Å². The van der Waals surface area contributed by atoms with Crippen molar-refractivity contribution in [2.45, 2.75) is 20.8 Å². The molecule has 0 heterocycles. The van der Waals surface area contributed by atoms with Gasteiger partial charge >= 0.3 is 5.97 Å². The average molecular weight is 353 g/mol. The van der Waals surface area contributed by atoms with Gasteiger partial charge < -0.3 is 14.8 Å². The number of rotatable bonds is 7. The molecule has 1 N–H and O–H groups in total. The molecular formula is C21H23NO4. The average Bonchev–Trinajstić information content (AvgIpc) is 2.59. The van der Waals surface area contributed by atoms with Crippen molar-refractivity contribution in [2.75, 3.05) is 18.5 Å². The number of aryl methyl sites for hydroxylation is 2. The summed E-state index contributed by atoms with van der Waals surface area (Å²) in [5, 5.41) is 2.72. The molecule has 26 heavy (non-hydrogen) atoms. The van der Waals surface area contributed by atoms with Crippen molar-refractivity contribution < 1.29 is 19.1 Å². The van der Waals surface area contributed by atoms with Gasteiger partial charge in [-0.3, -0.25) is 4.79 Å². The van der Waals surface area contributed by atoms with Crippen molar-refractivity contribution in [3.05, 3.63) is 65.2 Å². The zero-order chi connectivity index (χ0) is 18.9. The van der Waals surface area contributed by atoms with Gasteiger partial charge in [-0.1, -0.05) is 18.2 Å². The van der Waals surface area contributed by atoms with Gasteiger partial charge in [-0.05, 0) is 67.8 Å². The first-order valence-corrected chi connectivity index (χ1v) is 8.42. The van der Waals surface area contributed by atoms with Crippen LogP contribution in [0.2, 0.25) is 0 Å². The number of amides is 1. The number of anilines is 1. The van der Waals surface area contributed by atoms with Crippen LogP contribution in [0.25, 0.3) is 6.08 Å². The van der Waals surface area contributed by atoms with E-state index < -0.39 is 5.97 Å². The first kappa shape index (κ1) is 19.2. The van der Waals surface area contributed by atoms with Crippen molar-refractivity contribution in [3.8, 4) is 5.75 Å². The number of hydrogen-bond donors (Lipinski definition) is 1. The van der Waals surface area contributed by atoms with Crippen molar-refractivity contribution >= 4 is 23.6 Å². The van der Waals surface area contributed by atoms with E-state index in [0.29, 0.717) is 12.3 Å². The van der Waals surface area contributed by atoms with Gasteiger partial charge in [-0.2, -0.15) is 0 Å². The molecule has 0 saturated carbocycles. The Kier molecular flexibility index (Phi) is 6.97. The van der Waals surface area contributed by atoms with Gasteiger partial charge in [-0.25, -0.2) is 4.79 Å². The molecule has 0 fully saturated rings. The molecular weight excluding hydrogens is 330 g/mol. The number of hydrogen-bond acceptors (Lipinski definition) is 4. The van der Waals surface area contributed by atoms with Gasteiger partial charge in [-0.15, -0.1) is 0 Å². The lowest BCUT2D eigenvalue weighted by Crippen LogP contribution is -2.20. The van der Waals surface area contributed by atoms with Crippen LogP contribution < -0.4 is 10.1 Å². The maximum atomic E-state index is 11.9. The zero-order valence-corrected chi connectivity index (χ0v) is 15.2. The molecule has 0 spiro atoms. The van der Waals surface area contributed by atoms with Crippen LogP contribution in [0.5, 0.6) is 5.75 Å². The van der Waals surface area contributed by atoms with Crippen molar-refractivity contribution in [3.63, 3.8) is 0 Å². The number of carbonyl (C=O) groups excluding carboxylic acids is 2. The summed E-state index contributed by atoms with van der Waals surface area (Å²) in [5.41, 5.74) is 3.63. The summed E-state index contributed by atoms with van der Waals surface area (Å²) in [7, 11) is 0. The third-order valence-electron chi connectivity index (χ3n) is 3.45. The fraction of sp³-hybridized carbons (Fsp3) is 0.238. The van der Waals surface area contributed by atoms with E-state index in [-0.39, 0.29) is 12.5 Å². The van der Waals surface area contributed by atoms with E-state index in [4.69, 9.17) is 9.47 Å². The molecule has 0 bridgehead atoms. The number of nitrogens with one attached hydrogen (secondary N) is 1. The Bertz CT molecular complexity index is 774. The predicted octanol–water partition coefficient (Wildman–Crippen LogP) is 3.90. The van der Waals surface area contributed by atoms with Gasteiger partial charge in [0.2, 0.25) is 0 Å². The van der Waals surface area contributed by atoms with Crippen molar-refractivity contribution in [1.29, 1.82) is 0 Å². The first-order valence-electron chi connectivity index (χ1n) is 8.42. The van der Waals surface area contributed by atoms with E-state index >= 15 is 0 Å². The van der Waals surface area contributed by atoms with Crippen LogP contribution in [0.3, 0.4) is 0 Å². The molecule has 1 amide bonds. The minimum absolute atomic E-state index is 0.334. The second-order valence-corrected chi connectivity index (χ2v) is 5.87. The summed E-state index contributed by atoms with van der Waals surface area (Å²) in [5.74, 6) is -0.178. The van der Waals surface area contributed by atoms with E-state index in [1.165, 1.54) is 6.08 Å². The number of esters is 1. The van der Waals surface area contributed by atoms with Crippen LogP contribution in [0.1, 0.15) is 23.6 Å². The molecule has 2 rings (SSSR count). The second-order valence-electron chi connectivity index (χ2n) is 5.87. The first-order chi connectivity index (χ1) is 12.5. The molecule has 0 unspecified atom stereocenters. The van der Waals surface area contributed by atoms with Crippen LogP contribution in [-0.2, 0) is 14.3 Å². The van der Waals surface area contributed by atoms with Crippen LogP contribution in [0.4, 0.5) is 5.69 Å². The minimum Gasteiger partial charge on any atom is -0.494 e. The fourth-order valence-corrected chi connectivity index (χ4v) is 2.43. The molecule has 5 nitrogen and oxygen atoms in total. The van der Waals surface area contributed by atoms with Gasteiger partial charge in [0.05, 0.1) is 6.61 Å². The Morgan fingerprint density at radius 3 is 2.31 bits per heavy atom. The largest absolute Gasteiger partial charge is 0.494 e. The highest BCUT2D eigenvalue weighted by molar-refractivity contribution is 5.94. The zero-order valence-electron chi connectivity index (χ0n) is 15.2. The molecule has 0 atom stereocenters. The van der Waals surface area contributed by atoms with Crippen LogP contribution in [0.15, 0.2) is 48.5 Å². The maximum absolute atomic E-state index is 11.9. The highest BCUT2D eigenvalue weighted by Gasteiger charge is 2.06. The quantitative estimate of drug-likeness (QED) is 0.606. The Hall–Kier alpha value is -3.08. The molecule has 136 valence electrons. The number of carbonyl (C=O) groups is 2. The normalized spacial score (nSPS) is 10.6. The second kappa shape index (κ2) is 9.42. The summed E-state index contributed by atoms with van der Waals surface area (Å²) >= 11 is 0. The number of ether oxygens (including phenoxy) is 2. The Morgan fingerprint density at radius 2 is 1.69 bits per heavy atom. The van der Waals surface area contributed by atoms with Gasteiger partial charge in [0.1, 0.15) is 5.75 Å². The fourth-order valence-electron chi connectivity index (χ4n) is 2.43. The van der Waals surface area contributed by atoms with E-state index in [0.717, 1.165) is 22.4 Å². The predicted molar refractivity (Wildman–Crippen MR) is 102 cm³/mol. The summed E-state index contributed by atoms with van der Waals surface area (Å²) in [4.78, 5) is 23.6. The van der Waals surface area contributed by atoms with Crippen LogP contribution in [0, 0.1) is 13.8 Å². The van der Waals surface area contributed by atoms with Gasteiger partial charge in [0.25, 0.3) is 5.91 Å². The summed E-state index contributed by atoms with van der Waals surface area (Å²) in [6, 6.07) is 13.1. The Labute approximate surface area is 153 Å². The molecule has 2 aromatic carbocycles. The standard InChI is InChI=1S/C21H23NO4/c1-4-25-19-8-5-17(6-9-19)7-10-21(24)26-14-20(23)22-18-12-15(2)11-16(3)13-18/h5-13H,4,14H2,1-3H3,(H,22,23)/b10-7+. The molecule has 2 aromatic rings. The Morgan fingerprint density at radius 1 is 1.04 bits per heavy atom. The monoisotopic (exact) mass is 353 g/mol. The molecule has 0 aliphatic heterocycles. The lowest BCUT2D eigenvalue weighted by Gasteiger charge is -2.07. The highest BCUT2D eigenvalue weighted by Crippen LogP contribution is 2.14. The third kappa shape index (κ3) is 6.43. The summed E-state index contributed by atoms with van der Waals surface area (Å²) < 4.78 is 10.3. The molecule has 5 heteroatoms. The smallest absolute Gasteiger partial charge is 0.331 e. The molecule has 0 aliphatic carbocycles. The minimum atomic E-state index is -0.575. The molecule has 0 aromatic heterocycles. The van der Waals surface area contributed by atoms with Crippen molar-refractivity contribution in [2.24, 2.45) is 0 Å². The third-order valence-corrected chi connectivity index (χ3v) is 3.45. The Balaban J connectivity index is 1.81.